The minimum Gasteiger partial charge on any atom is -0.338 e. The van der Waals surface area contributed by atoms with Crippen molar-refractivity contribution in [2.75, 3.05) is 0 Å². The van der Waals surface area contributed by atoms with E-state index in [0.29, 0.717) is 10.9 Å². The lowest BCUT2D eigenvalue weighted by atomic mass is 10.0. The van der Waals surface area contributed by atoms with Crippen LogP contribution in [0.1, 0.15) is 17.4 Å². The standard InChI is InChI=1S/C12H14BrFN4/c1-18-5-4-16-12(18)7-11(17-15)9-3-2-8(14)6-10(9)13/h2-6,11,17H,7,15H2,1H3. The van der Waals surface area contributed by atoms with Gasteiger partial charge in [0.1, 0.15) is 11.6 Å². The van der Waals surface area contributed by atoms with Gasteiger partial charge in [0.05, 0.1) is 6.04 Å². The lowest BCUT2D eigenvalue weighted by molar-refractivity contribution is 0.526. The van der Waals surface area contributed by atoms with Gasteiger partial charge in [-0.05, 0) is 17.7 Å². The molecule has 0 saturated carbocycles. The zero-order valence-electron chi connectivity index (χ0n) is 9.90. The fraction of sp³-hybridized carbons (Fsp3) is 0.250. The fourth-order valence-electron chi connectivity index (χ4n) is 1.82. The Kier molecular flexibility index (Phi) is 4.11. The molecule has 0 aliphatic heterocycles. The first kappa shape index (κ1) is 13.2. The van der Waals surface area contributed by atoms with Crippen molar-refractivity contribution in [1.29, 1.82) is 0 Å². The Morgan fingerprint density at radius 2 is 2.33 bits per heavy atom. The molecule has 1 aromatic carbocycles. The largest absolute Gasteiger partial charge is 0.338 e. The highest BCUT2D eigenvalue weighted by atomic mass is 79.9. The summed E-state index contributed by atoms with van der Waals surface area (Å²) in [5.41, 5.74) is 3.64. The molecule has 6 heteroatoms. The van der Waals surface area contributed by atoms with Gasteiger partial charge in [-0.15, -0.1) is 0 Å². The molecule has 2 rings (SSSR count). The molecule has 0 bridgehead atoms. The van der Waals surface area contributed by atoms with Crippen molar-refractivity contribution in [2.24, 2.45) is 12.9 Å². The van der Waals surface area contributed by atoms with E-state index in [1.54, 1.807) is 12.3 Å². The summed E-state index contributed by atoms with van der Waals surface area (Å²) in [6.45, 7) is 0. The number of halogens is 2. The summed E-state index contributed by atoms with van der Waals surface area (Å²) in [7, 11) is 1.93. The number of nitrogens with zero attached hydrogens (tertiary/aromatic N) is 2. The minimum atomic E-state index is -0.279. The molecule has 0 amide bonds. The van der Waals surface area contributed by atoms with Crippen LogP contribution in [0.2, 0.25) is 0 Å². The predicted molar refractivity (Wildman–Crippen MR) is 71.1 cm³/mol. The fourth-order valence-corrected chi connectivity index (χ4v) is 2.45. The number of nitrogens with one attached hydrogen (secondary N) is 1. The Morgan fingerprint density at radius 1 is 1.56 bits per heavy atom. The number of hydrogen-bond acceptors (Lipinski definition) is 3. The molecule has 2 aromatic rings. The summed E-state index contributed by atoms with van der Waals surface area (Å²) in [6, 6.07) is 4.44. The van der Waals surface area contributed by atoms with Crippen LogP contribution in [0.3, 0.4) is 0 Å². The van der Waals surface area contributed by atoms with Crippen LogP contribution in [0.25, 0.3) is 0 Å². The monoisotopic (exact) mass is 312 g/mol. The van der Waals surface area contributed by atoms with Gasteiger partial charge in [-0.3, -0.25) is 11.3 Å². The quantitative estimate of drug-likeness (QED) is 0.671. The predicted octanol–water partition coefficient (Wildman–Crippen LogP) is 2.07. The number of hydrazine groups is 1. The van der Waals surface area contributed by atoms with Gasteiger partial charge >= 0.3 is 0 Å². The Morgan fingerprint density at radius 3 is 2.89 bits per heavy atom. The third kappa shape index (κ3) is 2.77. The summed E-state index contributed by atoms with van der Waals surface area (Å²) >= 11 is 3.35. The summed E-state index contributed by atoms with van der Waals surface area (Å²) in [4.78, 5) is 4.25. The second kappa shape index (κ2) is 5.60. The van der Waals surface area contributed by atoms with Crippen molar-refractivity contribution in [3.05, 3.63) is 52.3 Å². The topological polar surface area (TPSA) is 55.9 Å². The van der Waals surface area contributed by atoms with Crippen LogP contribution in [0, 0.1) is 5.82 Å². The highest BCUT2D eigenvalue weighted by Crippen LogP contribution is 2.26. The SMILES string of the molecule is Cn1ccnc1CC(NN)c1ccc(F)cc1Br. The van der Waals surface area contributed by atoms with E-state index in [-0.39, 0.29) is 11.9 Å². The molecule has 1 aromatic heterocycles. The molecule has 0 spiro atoms. The van der Waals surface area contributed by atoms with Crippen LogP contribution in [-0.2, 0) is 13.5 Å². The molecule has 0 saturated heterocycles. The van der Waals surface area contributed by atoms with Gasteiger partial charge in [0.15, 0.2) is 0 Å². The van der Waals surface area contributed by atoms with E-state index in [0.717, 1.165) is 11.4 Å². The molecule has 1 unspecified atom stereocenters. The van der Waals surface area contributed by atoms with Gasteiger partial charge in [-0.1, -0.05) is 22.0 Å². The molecule has 0 aliphatic carbocycles. The molecule has 3 N–H and O–H groups in total. The van der Waals surface area contributed by atoms with Crippen molar-refractivity contribution >= 4 is 15.9 Å². The summed E-state index contributed by atoms with van der Waals surface area (Å²) in [5.74, 6) is 6.21. The maximum Gasteiger partial charge on any atom is 0.124 e. The first-order valence-electron chi connectivity index (χ1n) is 5.49. The molecule has 18 heavy (non-hydrogen) atoms. The Labute approximate surface area is 113 Å². The third-order valence-corrected chi connectivity index (χ3v) is 3.53. The van der Waals surface area contributed by atoms with E-state index >= 15 is 0 Å². The summed E-state index contributed by atoms with van der Waals surface area (Å²) in [5, 5.41) is 0. The molecule has 4 nitrogen and oxygen atoms in total. The molecular formula is C12H14BrFN4. The van der Waals surface area contributed by atoms with E-state index in [9.17, 15) is 4.39 Å². The summed E-state index contributed by atoms with van der Waals surface area (Å²) in [6.07, 6.45) is 4.25. The van der Waals surface area contributed by atoms with E-state index in [1.807, 2.05) is 17.8 Å². The van der Waals surface area contributed by atoms with E-state index in [1.165, 1.54) is 12.1 Å². The first-order valence-corrected chi connectivity index (χ1v) is 6.28. The third-order valence-electron chi connectivity index (χ3n) is 2.85. The van der Waals surface area contributed by atoms with Crippen molar-refractivity contribution in [3.8, 4) is 0 Å². The van der Waals surface area contributed by atoms with Crippen LogP contribution >= 0.6 is 15.9 Å². The Hall–Kier alpha value is -1.24. The van der Waals surface area contributed by atoms with Gasteiger partial charge < -0.3 is 4.57 Å². The smallest absolute Gasteiger partial charge is 0.124 e. The first-order chi connectivity index (χ1) is 8.61. The lowest BCUT2D eigenvalue weighted by Crippen LogP contribution is -2.30. The van der Waals surface area contributed by atoms with Gasteiger partial charge in [0.2, 0.25) is 0 Å². The Balaban J connectivity index is 2.26. The molecule has 1 heterocycles. The van der Waals surface area contributed by atoms with Gasteiger partial charge in [0.25, 0.3) is 0 Å². The van der Waals surface area contributed by atoms with Crippen LogP contribution in [0.4, 0.5) is 4.39 Å². The number of hydrogen-bond donors (Lipinski definition) is 2. The zero-order chi connectivity index (χ0) is 13.1. The minimum absolute atomic E-state index is 0.124. The highest BCUT2D eigenvalue weighted by molar-refractivity contribution is 9.10. The van der Waals surface area contributed by atoms with Crippen LogP contribution in [0.5, 0.6) is 0 Å². The average molecular weight is 313 g/mol. The number of aromatic nitrogens is 2. The Bertz CT molecular complexity index is 541. The number of benzene rings is 1. The normalized spacial score (nSPS) is 12.7. The van der Waals surface area contributed by atoms with E-state index in [2.05, 4.69) is 26.3 Å². The second-order valence-corrected chi connectivity index (χ2v) is 4.90. The molecule has 0 aliphatic rings. The average Bonchev–Trinajstić information content (AvgIpc) is 2.73. The van der Waals surface area contributed by atoms with E-state index in [4.69, 9.17) is 5.84 Å². The zero-order valence-corrected chi connectivity index (χ0v) is 11.5. The highest BCUT2D eigenvalue weighted by Gasteiger charge is 2.16. The van der Waals surface area contributed by atoms with Crippen LogP contribution in [0.15, 0.2) is 35.1 Å². The van der Waals surface area contributed by atoms with Crippen LogP contribution < -0.4 is 11.3 Å². The molecule has 96 valence electrons. The molecular weight excluding hydrogens is 299 g/mol. The molecule has 0 radical (unpaired) electrons. The summed E-state index contributed by atoms with van der Waals surface area (Å²) < 4.78 is 15.7. The van der Waals surface area contributed by atoms with Gasteiger partial charge in [0, 0.05) is 30.3 Å². The number of rotatable bonds is 4. The van der Waals surface area contributed by atoms with Crippen LogP contribution in [-0.4, -0.2) is 9.55 Å². The number of nitrogens with two attached hydrogens (primary N) is 1. The molecule has 0 fully saturated rings. The van der Waals surface area contributed by atoms with Gasteiger partial charge in [-0.25, -0.2) is 9.37 Å². The van der Waals surface area contributed by atoms with Crippen molar-refractivity contribution in [3.63, 3.8) is 0 Å². The van der Waals surface area contributed by atoms with Crippen molar-refractivity contribution in [2.45, 2.75) is 12.5 Å². The number of aryl methyl sites for hydroxylation is 1. The van der Waals surface area contributed by atoms with Crippen molar-refractivity contribution in [1.82, 2.24) is 15.0 Å². The van der Waals surface area contributed by atoms with Crippen molar-refractivity contribution < 1.29 is 4.39 Å². The second-order valence-electron chi connectivity index (χ2n) is 4.04. The van der Waals surface area contributed by atoms with E-state index < -0.39 is 0 Å². The maximum atomic E-state index is 13.1. The number of imidazole rings is 1. The molecule has 1 atom stereocenters. The maximum absolute atomic E-state index is 13.1. The lowest BCUT2D eigenvalue weighted by Gasteiger charge is -2.17. The van der Waals surface area contributed by atoms with Gasteiger partial charge in [-0.2, -0.15) is 0 Å².